The molecule has 1 N–H and O–H groups in total. The monoisotopic (exact) mass is 354 g/mol. The highest BCUT2D eigenvalue weighted by atomic mass is 19.1. The molecule has 0 unspecified atom stereocenters. The van der Waals surface area contributed by atoms with Crippen molar-refractivity contribution in [1.29, 1.82) is 0 Å². The molecule has 0 atom stereocenters. The molecule has 0 spiro atoms. The van der Waals surface area contributed by atoms with Gasteiger partial charge in [-0.25, -0.2) is 9.37 Å². The van der Waals surface area contributed by atoms with Gasteiger partial charge in [-0.05, 0) is 18.6 Å². The third-order valence-corrected chi connectivity index (χ3v) is 4.88. The Bertz CT molecular complexity index is 886. The van der Waals surface area contributed by atoms with E-state index in [2.05, 4.69) is 26.9 Å². The Morgan fingerprint density at radius 1 is 1.31 bits per heavy atom. The summed E-state index contributed by atoms with van der Waals surface area (Å²) in [5.41, 5.74) is 3.23. The third kappa shape index (κ3) is 3.42. The molecular formula is C20H23FN4O. The van der Waals surface area contributed by atoms with Gasteiger partial charge in [0, 0.05) is 55.5 Å². The lowest BCUT2D eigenvalue weighted by atomic mass is 10.0. The van der Waals surface area contributed by atoms with Crippen molar-refractivity contribution in [2.75, 3.05) is 6.54 Å². The van der Waals surface area contributed by atoms with Gasteiger partial charge in [-0.3, -0.25) is 4.90 Å². The van der Waals surface area contributed by atoms with Gasteiger partial charge in [-0.15, -0.1) is 0 Å². The van der Waals surface area contributed by atoms with E-state index in [9.17, 15) is 4.39 Å². The van der Waals surface area contributed by atoms with Gasteiger partial charge < -0.3 is 9.51 Å². The van der Waals surface area contributed by atoms with Crippen molar-refractivity contribution in [2.24, 2.45) is 0 Å². The summed E-state index contributed by atoms with van der Waals surface area (Å²) in [5, 5.41) is 4.15. The number of imidazole rings is 1. The van der Waals surface area contributed by atoms with Crippen LogP contribution >= 0.6 is 0 Å². The van der Waals surface area contributed by atoms with Crippen LogP contribution in [-0.4, -0.2) is 26.6 Å². The highest BCUT2D eigenvalue weighted by Gasteiger charge is 2.26. The van der Waals surface area contributed by atoms with Crippen LogP contribution in [0.2, 0.25) is 0 Å². The molecule has 5 nitrogen and oxygen atoms in total. The second-order valence-electron chi connectivity index (χ2n) is 6.83. The number of nitrogens with zero attached hydrogens (tertiary/aromatic N) is 3. The van der Waals surface area contributed by atoms with Crippen LogP contribution in [0.15, 0.2) is 35.0 Å². The highest BCUT2D eigenvalue weighted by molar-refractivity contribution is 5.64. The van der Waals surface area contributed by atoms with Crippen molar-refractivity contribution in [3.63, 3.8) is 0 Å². The number of H-pyrrole nitrogens is 1. The lowest BCUT2D eigenvalue weighted by Crippen LogP contribution is -2.29. The summed E-state index contributed by atoms with van der Waals surface area (Å²) in [5.74, 6) is 1.65. The molecule has 1 aromatic carbocycles. The highest BCUT2D eigenvalue weighted by Crippen LogP contribution is 2.31. The second-order valence-corrected chi connectivity index (χ2v) is 6.83. The number of aromatic amines is 1. The van der Waals surface area contributed by atoms with Crippen molar-refractivity contribution in [3.05, 3.63) is 59.1 Å². The second kappa shape index (κ2) is 7.41. The standard InChI is InChI=1S/C20H23FN4O/c1-2-3-8-19-22-11-14(23-19)12-25-10-9-18-16(13-25)20(24-26-18)15-6-4-5-7-17(15)21/h4-7,11H,2-3,8-10,12-13H2,1H3,(H,22,23). The molecular weight excluding hydrogens is 331 g/mol. The number of rotatable bonds is 6. The van der Waals surface area contributed by atoms with Crippen LogP contribution in [0.4, 0.5) is 4.39 Å². The molecule has 3 aromatic rings. The molecule has 0 radical (unpaired) electrons. The van der Waals surface area contributed by atoms with E-state index in [-0.39, 0.29) is 5.82 Å². The molecule has 0 saturated carbocycles. The fourth-order valence-corrected chi connectivity index (χ4v) is 3.46. The first-order valence-corrected chi connectivity index (χ1v) is 9.22. The molecule has 1 aliphatic rings. The van der Waals surface area contributed by atoms with Crippen LogP contribution in [0, 0.1) is 5.82 Å². The lowest BCUT2D eigenvalue weighted by Gasteiger charge is -2.25. The first-order valence-electron chi connectivity index (χ1n) is 9.22. The van der Waals surface area contributed by atoms with Crippen molar-refractivity contribution in [1.82, 2.24) is 20.0 Å². The molecule has 6 heteroatoms. The molecule has 136 valence electrons. The van der Waals surface area contributed by atoms with E-state index < -0.39 is 0 Å². The third-order valence-electron chi connectivity index (χ3n) is 4.88. The zero-order valence-corrected chi connectivity index (χ0v) is 15.0. The molecule has 3 heterocycles. The summed E-state index contributed by atoms with van der Waals surface area (Å²) >= 11 is 0. The van der Waals surface area contributed by atoms with Gasteiger partial charge in [0.05, 0.1) is 0 Å². The topological polar surface area (TPSA) is 58.0 Å². The average molecular weight is 354 g/mol. The van der Waals surface area contributed by atoms with Gasteiger partial charge in [0.15, 0.2) is 0 Å². The Labute approximate surface area is 152 Å². The maximum Gasteiger partial charge on any atom is 0.143 e. The number of benzene rings is 1. The van der Waals surface area contributed by atoms with Crippen molar-refractivity contribution in [2.45, 2.75) is 45.7 Å². The summed E-state index contributed by atoms with van der Waals surface area (Å²) in [6, 6.07) is 6.72. The van der Waals surface area contributed by atoms with Gasteiger partial charge in [-0.2, -0.15) is 0 Å². The molecule has 0 bridgehead atoms. The Hall–Kier alpha value is -2.47. The van der Waals surface area contributed by atoms with Gasteiger partial charge in [0.25, 0.3) is 0 Å². The minimum Gasteiger partial charge on any atom is -0.360 e. The van der Waals surface area contributed by atoms with E-state index in [0.717, 1.165) is 61.6 Å². The number of aryl methyl sites for hydroxylation is 1. The normalized spacial score (nSPS) is 14.5. The molecule has 0 amide bonds. The summed E-state index contributed by atoms with van der Waals surface area (Å²) in [4.78, 5) is 10.2. The van der Waals surface area contributed by atoms with E-state index in [1.165, 1.54) is 6.07 Å². The van der Waals surface area contributed by atoms with E-state index in [4.69, 9.17) is 4.52 Å². The Kier molecular flexibility index (Phi) is 4.84. The Balaban J connectivity index is 1.50. The molecule has 26 heavy (non-hydrogen) atoms. The SMILES string of the molecule is CCCCc1ncc(CN2CCc3onc(-c4ccccc4F)c3C2)[nH]1. The van der Waals surface area contributed by atoms with E-state index >= 15 is 0 Å². The Morgan fingerprint density at radius 3 is 3.04 bits per heavy atom. The number of fused-ring (bicyclic) bond motifs is 1. The largest absolute Gasteiger partial charge is 0.360 e. The van der Waals surface area contributed by atoms with Crippen LogP contribution in [0.1, 0.15) is 42.6 Å². The molecule has 1 aliphatic heterocycles. The zero-order chi connectivity index (χ0) is 17.9. The van der Waals surface area contributed by atoms with Crippen LogP contribution in [0.5, 0.6) is 0 Å². The maximum atomic E-state index is 14.2. The van der Waals surface area contributed by atoms with Gasteiger partial charge in [-0.1, -0.05) is 30.6 Å². The van der Waals surface area contributed by atoms with E-state index in [0.29, 0.717) is 17.8 Å². The first-order chi connectivity index (χ1) is 12.7. The van der Waals surface area contributed by atoms with Crippen molar-refractivity contribution in [3.8, 4) is 11.3 Å². The smallest absolute Gasteiger partial charge is 0.143 e. The number of hydrogen-bond acceptors (Lipinski definition) is 4. The van der Waals surface area contributed by atoms with Crippen LogP contribution < -0.4 is 0 Å². The van der Waals surface area contributed by atoms with Gasteiger partial charge >= 0.3 is 0 Å². The fourth-order valence-electron chi connectivity index (χ4n) is 3.46. The molecule has 0 aliphatic carbocycles. The van der Waals surface area contributed by atoms with Gasteiger partial charge in [0.1, 0.15) is 23.1 Å². The maximum absolute atomic E-state index is 14.2. The van der Waals surface area contributed by atoms with Crippen molar-refractivity contribution >= 4 is 0 Å². The van der Waals surface area contributed by atoms with Crippen LogP contribution in [0.3, 0.4) is 0 Å². The zero-order valence-electron chi connectivity index (χ0n) is 15.0. The summed E-state index contributed by atoms with van der Waals surface area (Å²) in [6.45, 7) is 4.57. The minimum absolute atomic E-state index is 0.269. The number of halogens is 1. The van der Waals surface area contributed by atoms with Gasteiger partial charge in [0.2, 0.25) is 0 Å². The van der Waals surface area contributed by atoms with Crippen molar-refractivity contribution < 1.29 is 8.91 Å². The summed E-state index contributed by atoms with van der Waals surface area (Å²) in [7, 11) is 0. The number of nitrogens with one attached hydrogen (secondary N) is 1. The van der Waals surface area contributed by atoms with Crippen LogP contribution in [-0.2, 0) is 25.9 Å². The summed E-state index contributed by atoms with van der Waals surface area (Å²) < 4.78 is 19.6. The fraction of sp³-hybridized carbons (Fsp3) is 0.400. The lowest BCUT2D eigenvalue weighted by molar-refractivity contribution is 0.226. The molecule has 4 rings (SSSR count). The van der Waals surface area contributed by atoms with E-state index in [1.54, 1.807) is 12.1 Å². The Morgan fingerprint density at radius 2 is 2.19 bits per heavy atom. The quantitative estimate of drug-likeness (QED) is 0.724. The number of aromatic nitrogens is 3. The number of hydrogen-bond donors (Lipinski definition) is 1. The predicted octanol–water partition coefficient (Wildman–Crippen LogP) is 4.10. The number of unbranched alkanes of at least 4 members (excludes halogenated alkanes) is 1. The summed E-state index contributed by atoms with van der Waals surface area (Å²) in [6.07, 6.45) is 6.01. The van der Waals surface area contributed by atoms with E-state index in [1.807, 2.05) is 12.3 Å². The first kappa shape index (κ1) is 17.0. The molecule has 0 fully saturated rings. The predicted molar refractivity (Wildman–Crippen MR) is 96.9 cm³/mol. The average Bonchev–Trinajstić information content (AvgIpc) is 3.27. The minimum atomic E-state index is -0.269. The molecule has 0 saturated heterocycles. The van der Waals surface area contributed by atoms with Crippen LogP contribution in [0.25, 0.3) is 11.3 Å². The molecule has 2 aromatic heterocycles.